The van der Waals surface area contributed by atoms with Gasteiger partial charge in [-0.25, -0.2) is 0 Å². The minimum atomic E-state index is -0.0319. The lowest BCUT2D eigenvalue weighted by Crippen LogP contribution is -2.57. The van der Waals surface area contributed by atoms with Crippen LogP contribution in [0.25, 0.3) is 0 Å². The van der Waals surface area contributed by atoms with Crippen LogP contribution in [0.4, 0.5) is 0 Å². The Labute approximate surface area is 128 Å². The molecule has 0 radical (unpaired) electrons. The van der Waals surface area contributed by atoms with E-state index in [1.165, 1.54) is 38.5 Å². The molecule has 0 amide bonds. The second kappa shape index (κ2) is 3.75. The van der Waals surface area contributed by atoms with Gasteiger partial charge in [-0.05, 0) is 68.1 Å². The average Bonchev–Trinajstić information content (AvgIpc) is 3.08. The maximum Gasteiger partial charge on any atom is 0.164 e. The van der Waals surface area contributed by atoms with Gasteiger partial charge >= 0.3 is 0 Å². The van der Waals surface area contributed by atoms with Crippen LogP contribution in [0, 0.1) is 28.6 Å². The number of ketones is 1. The summed E-state index contributed by atoms with van der Waals surface area (Å²) in [5.74, 6) is 3.09. The highest BCUT2D eigenvalue weighted by Crippen LogP contribution is 2.72. The van der Waals surface area contributed by atoms with Crippen molar-refractivity contribution in [3.63, 3.8) is 0 Å². The molecule has 1 saturated heterocycles. The van der Waals surface area contributed by atoms with Crippen LogP contribution in [0.5, 0.6) is 0 Å². The summed E-state index contributed by atoms with van der Waals surface area (Å²) in [7, 11) is 0. The van der Waals surface area contributed by atoms with Crippen LogP contribution in [-0.4, -0.2) is 17.5 Å². The maximum atomic E-state index is 12.1. The molecule has 1 spiro atoms. The number of rotatable bonds is 0. The summed E-state index contributed by atoms with van der Waals surface area (Å²) >= 11 is 0. The van der Waals surface area contributed by atoms with E-state index >= 15 is 0 Å². The number of carbonyl (C=O) groups excluding carboxylic acids is 1. The SMILES string of the molecule is CC12CCCC1C1CCC34OC3C(=O)CCC4(C)C1CC2. The zero-order chi connectivity index (χ0) is 14.5. The Morgan fingerprint density at radius 2 is 1.86 bits per heavy atom. The molecule has 0 aromatic heterocycles. The van der Waals surface area contributed by atoms with E-state index in [9.17, 15) is 4.79 Å². The Balaban J connectivity index is 1.52. The number of carbonyl (C=O) groups is 1. The van der Waals surface area contributed by atoms with Crippen LogP contribution in [0.15, 0.2) is 0 Å². The first-order chi connectivity index (χ1) is 10.0. The molecule has 1 aliphatic heterocycles. The fraction of sp³-hybridized carbons (Fsp3) is 0.947. The standard InChI is InChI=1S/C19H28O2/c1-17-8-3-4-13(17)12-5-11-19-16(21-19)15(20)7-10-18(19,2)14(12)6-9-17/h12-14,16H,3-11H2,1-2H3. The fourth-order valence-electron chi connectivity index (χ4n) is 7.49. The van der Waals surface area contributed by atoms with E-state index in [1.807, 2.05) is 0 Å². The van der Waals surface area contributed by atoms with Gasteiger partial charge in [-0.15, -0.1) is 0 Å². The highest BCUT2D eigenvalue weighted by molar-refractivity contribution is 5.88. The number of hydrogen-bond acceptors (Lipinski definition) is 2. The Morgan fingerprint density at radius 3 is 2.71 bits per heavy atom. The molecule has 1 heterocycles. The van der Waals surface area contributed by atoms with E-state index in [2.05, 4.69) is 13.8 Å². The van der Waals surface area contributed by atoms with Crippen molar-refractivity contribution in [1.29, 1.82) is 0 Å². The van der Waals surface area contributed by atoms with E-state index < -0.39 is 0 Å². The zero-order valence-corrected chi connectivity index (χ0v) is 13.5. The monoisotopic (exact) mass is 288 g/mol. The first-order valence-electron chi connectivity index (χ1n) is 9.21. The van der Waals surface area contributed by atoms with E-state index in [1.54, 1.807) is 0 Å². The quantitative estimate of drug-likeness (QED) is 0.628. The third kappa shape index (κ3) is 1.37. The lowest BCUT2D eigenvalue weighted by molar-refractivity contribution is -0.129. The Bertz CT molecular complexity index is 514. The number of epoxide rings is 1. The summed E-state index contributed by atoms with van der Waals surface area (Å²) in [5.41, 5.74) is 0.893. The molecule has 2 heteroatoms. The van der Waals surface area contributed by atoms with E-state index in [-0.39, 0.29) is 11.7 Å². The van der Waals surface area contributed by atoms with Gasteiger partial charge in [-0.3, -0.25) is 4.79 Å². The molecule has 21 heavy (non-hydrogen) atoms. The molecule has 0 aromatic rings. The molecule has 116 valence electrons. The summed E-state index contributed by atoms with van der Waals surface area (Å²) in [6, 6.07) is 0. The Morgan fingerprint density at radius 1 is 1.00 bits per heavy atom. The van der Waals surface area contributed by atoms with E-state index in [0.29, 0.717) is 16.6 Å². The Kier molecular flexibility index (Phi) is 2.34. The molecule has 5 aliphatic rings. The topological polar surface area (TPSA) is 29.6 Å². The van der Waals surface area contributed by atoms with Crippen LogP contribution < -0.4 is 0 Å². The maximum absolute atomic E-state index is 12.1. The number of fused-ring (bicyclic) bond motifs is 4. The molecule has 0 N–H and O–H groups in total. The Hall–Kier alpha value is -0.370. The molecule has 7 atom stereocenters. The van der Waals surface area contributed by atoms with Crippen molar-refractivity contribution in [3.05, 3.63) is 0 Å². The van der Waals surface area contributed by atoms with E-state index in [0.717, 1.165) is 37.0 Å². The zero-order valence-electron chi connectivity index (χ0n) is 13.5. The smallest absolute Gasteiger partial charge is 0.164 e. The molecular formula is C19H28O2. The molecule has 0 bridgehead atoms. The van der Waals surface area contributed by atoms with Crippen LogP contribution in [0.1, 0.15) is 71.6 Å². The summed E-state index contributed by atoms with van der Waals surface area (Å²) in [6.07, 6.45) is 11.5. The van der Waals surface area contributed by atoms with Gasteiger partial charge in [0, 0.05) is 11.8 Å². The molecule has 4 saturated carbocycles. The molecule has 5 rings (SSSR count). The highest BCUT2D eigenvalue weighted by atomic mass is 16.6. The minimum Gasteiger partial charge on any atom is -0.357 e. The molecule has 0 aromatic carbocycles. The second-order valence-corrected chi connectivity index (χ2v) is 9.27. The number of ether oxygens (including phenoxy) is 1. The molecule has 2 nitrogen and oxygen atoms in total. The third-order valence-electron chi connectivity index (χ3n) is 8.73. The van der Waals surface area contributed by atoms with Crippen molar-refractivity contribution < 1.29 is 9.53 Å². The summed E-state index contributed by atoms with van der Waals surface area (Å²) in [6.45, 7) is 5.04. The van der Waals surface area contributed by atoms with Gasteiger partial charge in [0.1, 0.15) is 11.7 Å². The van der Waals surface area contributed by atoms with Crippen molar-refractivity contribution in [3.8, 4) is 0 Å². The number of hydrogen-bond donors (Lipinski definition) is 0. The molecular weight excluding hydrogens is 260 g/mol. The normalized spacial score (nSPS) is 61.5. The van der Waals surface area contributed by atoms with Crippen LogP contribution >= 0.6 is 0 Å². The van der Waals surface area contributed by atoms with Crippen LogP contribution in [-0.2, 0) is 9.53 Å². The predicted octanol–water partition coefficient (Wildman–Crippen LogP) is 4.12. The van der Waals surface area contributed by atoms with Crippen LogP contribution in [0.3, 0.4) is 0 Å². The fourth-order valence-corrected chi connectivity index (χ4v) is 7.49. The van der Waals surface area contributed by atoms with Crippen molar-refractivity contribution in [2.45, 2.75) is 83.3 Å². The van der Waals surface area contributed by atoms with Gasteiger partial charge < -0.3 is 4.74 Å². The number of Topliss-reactive ketones (excluding diaryl/α,β-unsaturated/α-hetero) is 1. The highest BCUT2D eigenvalue weighted by Gasteiger charge is 2.76. The van der Waals surface area contributed by atoms with E-state index in [4.69, 9.17) is 4.74 Å². The summed E-state index contributed by atoms with van der Waals surface area (Å²) < 4.78 is 6.12. The molecule has 7 unspecified atom stereocenters. The summed E-state index contributed by atoms with van der Waals surface area (Å²) in [4.78, 5) is 12.1. The average molecular weight is 288 g/mol. The second-order valence-electron chi connectivity index (χ2n) is 9.27. The van der Waals surface area contributed by atoms with Gasteiger partial charge in [-0.1, -0.05) is 20.3 Å². The summed E-state index contributed by atoms with van der Waals surface area (Å²) in [5, 5.41) is 0. The van der Waals surface area contributed by atoms with Crippen LogP contribution in [0.2, 0.25) is 0 Å². The van der Waals surface area contributed by atoms with Gasteiger partial charge in [0.15, 0.2) is 5.78 Å². The first-order valence-corrected chi connectivity index (χ1v) is 9.21. The third-order valence-corrected chi connectivity index (χ3v) is 8.73. The van der Waals surface area contributed by atoms with Crippen molar-refractivity contribution in [2.75, 3.05) is 0 Å². The lowest BCUT2D eigenvalue weighted by Gasteiger charge is -2.58. The molecule has 5 fully saturated rings. The van der Waals surface area contributed by atoms with Gasteiger partial charge in [0.25, 0.3) is 0 Å². The van der Waals surface area contributed by atoms with Crippen molar-refractivity contribution >= 4 is 5.78 Å². The molecule has 4 aliphatic carbocycles. The van der Waals surface area contributed by atoms with Gasteiger partial charge in [-0.2, -0.15) is 0 Å². The van der Waals surface area contributed by atoms with Gasteiger partial charge in [0.2, 0.25) is 0 Å². The van der Waals surface area contributed by atoms with Crippen molar-refractivity contribution in [1.82, 2.24) is 0 Å². The predicted molar refractivity (Wildman–Crippen MR) is 80.8 cm³/mol. The van der Waals surface area contributed by atoms with Gasteiger partial charge in [0.05, 0.1) is 0 Å². The minimum absolute atomic E-state index is 0.0194. The lowest BCUT2D eigenvalue weighted by atomic mass is 9.45. The van der Waals surface area contributed by atoms with Crippen molar-refractivity contribution in [2.24, 2.45) is 28.6 Å². The largest absolute Gasteiger partial charge is 0.357 e. The first kappa shape index (κ1) is 13.1.